The fraction of sp³-hybridized carbons (Fsp3) is 0.250. The van der Waals surface area contributed by atoms with Crippen LogP contribution in [0.5, 0.6) is 0 Å². The molecule has 3 N–H and O–H groups in total. The van der Waals surface area contributed by atoms with Gasteiger partial charge in [-0.1, -0.05) is 18.2 Å². The molecule has 0 aliphatic heterocycles. The summed E-state index contributed by atoms with van der Waals surface area (Å²) in [5, 5.41) is 2.91. The summed E-state index contributed by atoms with van der Waals surface area (Å²) in [6.45, 7) is 0.640. The Labute approximate surface area is 155 Å². The zero-order valence-corrected chi connectivity index (χ0v) is 15.1. The van der Waals surface area contributed by atoms with Crippen LogP contribution in [0.25, 0.3) is 0 Å². The molecular formula is C16H18F3IN4. The van der Waals surface area contributed by atoms with Gasteiger partial charge in [-0.05, 0) is 29.8 Å². The Bertz CT molecular complexity index is 660. The molecule has 0 unspecified atom stereocenters. The normalized spacial score (nSPS) is 11.7. The second kappa shape index (κ2) is 9.45. The molecule has 8 heteroatoms. The van der Waals surface area contributed by atoms with Crippen LogP contribution in [0.4, 0.5) is 13.2 Å². The van der Waals surface area contributed by atoms with Crippen molar-refractivity contribution in [2.24, 2.45) is 10.7 Å². The summed E-state index contributed by atoms with van der Waals surface area (Å²) >= 11 is 0. The van der Waals surface area contributed by atoms with Gasteiger partial charge in [0.05, 0.1) is 12.1 Å². The molecule has 0 saturated heterocycles. The second-order valence-electron chi connectivity index (χ2n) is 4.90. The second-order valence-corrected chi connectivity index (χ2v) is 4.90. The Morgan fingerprint density at radius 2 is 1.96 bits per heavy atom. The number of hydrogen-bond donors (Lipinski definition) is 2. The van der Waals surface area contributed by atoms with Gasteiger partial charge in [-0.25, -0.2) is 4.99 Å². The molecule has 0 aliphatic rings. The fourth-order valence-corrected chi connectivity index (χ4v) is 1.94. The number of hydrogen-bond acceptors (Lipinski definition) is 2. The van der Waals surface area contributed by atoms with Crippen LogP contribution in [0, 0.1) is 0 Å². The van der Waals surface area contributed by atoms with Crippen LogP contribution in [0.15, 0.2) is 53.7 Å². The first-order valence-corrected chi connectivity index (χ1v) is 7.05. The minimum atomic E-state index is -4.35. The molecule has 4 nitrogen and oxygen atoms in total. The highest BCUT2D eigenvalue weighted by Crippen LogP contribution is 2.29. The average molecular weight is 450 g/mol. The molecule has 1 heterocycles. The number of aliphatic imine (C=N–C) groups is 1. The SMILES string of the molecule is I.NC(=NCc1cccc(C(F)(F)F)c1)NCCc1ccccn1. The average Bonchev–Trinajstić information content (AvgIpc) is 2.53. The van der Waals surface area contributed by atoms with Crippen molar-refractivity contribution in [3.8, 4) is 0 Å². The van der Waals surface area contributed by atoms with Gasteiger partial charge in [0, 0.05) is 24.9 Å². The molecule has 2 aromatic rings. The molecule has 24 heavy (non-hydrogen) atoms. The molecule has 0 atom stereocenters. The molecule has 1 aromatic heterocycles. The maximum atomic E-state index is 12.6. The van der Waals surface area contributed by atoms with E-state index in [0.717, 1.165) is 17.8 Å². The van der Waals surface area contributed by atoms with Crippen molar-refractivity contribution >= 4 is 29.9 Å². The third-order valence-electron chi connectivity index (χ3n) is 3.10. The van der Waals surface area contributed by atoms with Crippen molar-refractivity contribution in [1.29, 1.82) is 0 Å². The molecule has 0 fully saturated rings. The lowest BCUT2D eigenvalue weighted by molar-refractivity contribution is -0.137. The molecule has 0 saturated carbocycles. The summed E-state index contributed by atoms with van der Waals surface area (Å²) in [4.78, 5) is 8.22. The summed E-state index contributed by atoms with van der Waals surface area (Å²) in [7, 11) is 0. The predicted molar refractivity (Wildman–Crippen MR) is 98.1 cm³/mol. The highest BCUT2D eigenvalue weighted by Gasteiger charge is 2.30. The highest BCUT2D eigenvalue weighted by molar-refractivity contribution is 14.0. The summed E-state index contributed by atoms with van der Waals surface area (Å²) in [6, 6.07) is 10.7. The molecule has 0 aliphatic carbocycles. The van der Waals surface area contributed by atoms with Crippen molar-refractivity contribution in [2.75, 3.05) is 6.54 Å². The van der Waals surface area contributed by atoms with Crippen LogP contribution in [0.2, 0.25) is 0 Å². The Kier molecular flexibility index (Phi) is 7.96. The summed E-state index contributed by atoms with van der Waals surface area (Å²) in [5.74, 6) is 0.193. The standard InChI is InChI=1S/C16H17F3N4.HI/c17-16(18,19)13-5-3-4-12(10-13)11-23-15(20)22-9-7-14-6-1-2-8-21-14;/h1-6,8,10H,7,9,11H2,(H3,20,22,23);1H. The molecule has 130 valence electrons. The Morgan fingerprint density at radius 3 is 2.62 bits per heavy atom. The zero-order valence-electron chi connectivity index (χ0n) is 12.8. The molecule has 1 aromatic carbocycles. The van der Waals surface area contributed by atoms with E-state index in [2.05, 4.69) is 15.3 Å². The van der Waals surface area contributed by atoms with Gasteiger partial charge in [0.15, 0.2) is 5.96 Å². The Balaban J connectivity index is 0.00000288. The summed E-state index contributed by atoms with van der Waals surface area (Å²) in [5.41, 5.74) is 6.39. The largest absolute Gasteiger partial charge is 0.416 e. The predicted octanol–water partition coefficient (Wildman–Crippen LogP) is 3.37. The Morgan fingerprint density at radius 1 is 1.17 bits per heavy atom. The molecule has 0 amide bonds. The van der Waals surface area contributed by atoms with Crippen molar-refractivity contribution in [3.05, 3.63) is 65.5 Å². The number of alkyl halides is 3. The number of halogens is 4. The van der Waals surface area contributed by atoms with Gasteiger partial charge in [-0.3, -0.25) is 4.98 Å². The first-order valence-electron chi connectivity index (χ1n) is 7.05. The number of benzene rings is 1. The monoisotopic (exact) mass is 450 g/mol. The number of nitrogens with zero attached hydrogens (tertiary/aromatic N) is 2. The first-order chi connectivity index (χ1) is 10.9. The fourth-order valence-electron chi connectivity index (χ4n) is 1.94. The van der Waals surface area contributed by atoms with E-state index in [9.17, 15) is 13.2 Å². The number of aromatic nitrogens is 1. The lowest BCUT2D eigenvalue weighted by atomic mass is 10.1. The minimum Gasteiger partial charge on any atom is -0.370 e. The van der Waals surface area contributed by atoms with Gasteiger partial charge in [0.25, 0.3) is 0 Å². The van der Waals surface area contributed by atoms with Crippen molar-refractivity contribution in [1.82, 2.24) is 10.3 Å². The van der Waals surface area contributed by atoms with Gasteiger partial charge in [0.2, 0.25) is 0 Å². The first kappa shape index (κ1) is 20.2. The van der Waals surface area contributed by atoms with Crippen molar-refractivity contribution < 1.29 is 13.2 Å². The topological polar surface area (TPSA) is 63.3 Å². The van der Waals surface area contributed by atoms with E-state index in [1.807, 2.05) is 18.2 Å². The number of nitrogens with one attached hydrogen (secondary N) is 1. The lowest BCUT2D eigenvalue weighted by Gasteiger charge is -2.08. The van der Waals surface area contributed by atoms with Gasteiger partial charge < -0.3 is 11.1 Å². The van der Waals surface area contributed by atoms with Crippen LogP contribution in [-0.4, -0.2) is 17.5 Å². The summed E-state index contributed by atoms with van der Waals surface area (Å²) in [6.07, 6.45) is -1.97. The maximum Gasteiger partial charge on any atom is 0.416 e. The van der Waals surface area contributed by atoms with Crippen LogP contribution in [0.3, 0.4) is 0 Å². The molecule has 2 rings (SSSR count). The van der Waals surface area contributed by atoms with Crippen LogP contribution in [0.1, 0.15) is 16.8 Å². The number of rotatable bonds is 5. The maximum absolute atomic E-state index is 12.6. The van der Waals surface area contributed by atoms with Crippen LogP contribution < -0.4 is 11.1 Å². The third kappa shape index (κ3) is 6.73. The highest BCUT2D eigenvalue weighted by atomic mass is 127. The van der Waals surface area contributed by atoms with E-state index < -0.39 is 11.7 Å². The molecule has 0 spiro atoms. The van der Waals surface area contributed by atoms with E-state index >= 15 is 0 Å². The van der Waals surface area contributed by atoms with Gasteiger partial charge >= 0.3 is 6.18 Å². The van der Waals surface area contributed by atoms with Crippen LogP contribution in [-0.2, 0) is 19.1 Å². The minimum absolute atomic E-state index is 0. The van der Waals surface area contributed by atoms with Gasteiger partial charge in [-0.2, -0.15) is 13.2 Å². The number of nitrogens with two attached hydrogens (primary N) is 1. The van der Waals surface area contributed by atoms with Gasteiger partial charge in [-0.15, -0.1) is 24.0 Å². The zero-order chi connectivity index (χ0) is 16.7. The number of guanidine groups is 1. The van der Waals surface area contributed by atoms with E-state index in [1.165, 1.54) is 6.07 Å². The number of pyridine rings is 1. The molecule has 0 radical (unpaired) electrons. The Hall–Kier alpha value is -1.84. The van der Waals surface area contributed by atoms with E-state index in [0.29, 0.717) is 18.5 Å². The van der Waals surface area contributed by atoms with Crippen molar-refractivity contribution in [3.63, 3.8) is 0 Å². The quantitative estimate of drug-likeness (QED) is 0.417. The smallest absolute Gasteiger partial charge is 0.370 e. The third-order valence-corrected chi connectivity index (χ3v) is 3.10. The van der Waals surface area contributed by atoms with Crippen LogP contribution >= 0.6 is 24.0 Å². The van der Waals surface area contributed by atoms with E-state index in [1.54, 1.807) is 12.3 Å². The van der Waals surface area contributed by atoms with E-state index in [4.69, 9.17) is 5.73 Å². The van der Waals surface area contributed by atoms with Gasteiger partial charge in [0.1, 0.15) is 0 Å². The molecule has 0 bridgehead atoms. The van der Waals surface area contributed by atoms with Crippen molar-refractivity contribution in [2.45, 2.75) is 19.1 Å². The van der Waals surface area contributed by atoms with E-state index in [-0.39, 0.29) is 36.5 Å². The summed E-state index contributed by atoms with van der Waals surface area (Å²) < 4.78 is 37.8. The lowest BCUT2D eigenvalue weighted by Crippen LogP contribution is -2.33. The molecular weight excluding hydrogens is 432 g/mol.